The molecular formula is C11H4ClF5N2. The van der Waals surface area contributed by atoms with Gasteiger partial charge in [-0.1, -0.05) is 11.6 Å². The Balaban J connectivity index is 2.87. The summed E-state index contributed by atoms with van der Waals surface area (Å²) in [6.07, 6.45) is 1.08. The van der Waals surface area contributed by atoms with Crippen molar-refractivity contribution in [3.63, 3.8) is 0 Å². The third-order valence-corrected chi connectivity index (χ3v) is 2.57. The van der Waals surface area contributed by atoms with Crippen molar-refractivity contribution in [3.05, 3.63) is 46.4 Å². The second-order valence-electron chi connectivity index (χ2n) is 3.53. The third-order valence-electron chi connectivity index (χ3n) is 2.36. The van der Waals surface area contributed by atoms with Crippen molar-refractivity contribution < 1.29 is 22.0 Å². The van der Waals surface area contributed by atoms with Crippen LogP contribution >= 0.6 is 11.6 Å². The second kappa shape index (κ2) is 4.65. The van der Waals surface area contributed by atoms with Crippen LogP contribution in [0.2, 0.25) is 5.02 Å². The van der Waals surface area contributed by atoms with E-state index in [2.05, 4.69) is 4.98 Å². The lowest BCUT2D eigenvalue weighted by molar-refractivity contribution is 0.381. The molecule has 100 valence electrons. The van der Waals surface area contributed by atoms with E-state index in [4.69, 9.17) is 17.3 Å². The summed E-state index contributed by atoms with van der Waals surface area (Å²) >= 11 is 5.56. The normalized spacial score (nSPS) is 10.8. The van der Waals surface area contributed by atoms with Crippen molar-refractivity contribution in [2.75, 3.05) is 5.73 Å². The molecule has 0 fully saturated rings. The van der Waals surface area contributed by atoms with Crippen LogP contribution in [0.25, 0.3) is 11.1 Å². The second-order valence-corrected chi connectivity index (χ2v) is 3.97. The summed E-state index contributed by atoms with van der Waals surface area (Å²) in [5.41, 5.74) is 3.72. The lowest BCUT2D eigenvalue weighted by Crippen LogP contribution is -2.06. The molecule has 1 heterocycles. The fourth-order valence-electron chi connectivity index (χ4n) is 1.49. The molecule has 19 heavy (non-hydrogen) atoms. The van der Waals surface area contributed by atoms with Crippen LogP contribution in [-0.4, -0.2) is 4.98 Å². The van der Waals surface area contributed by atoms with Gasteiger partial charge in [0.15, 0.2) is 23.3 Å². The van der Waals surface area contributed by atoms with Gasteiger partial charge in [-0.3, -0.25) is 0 Å². The molecule has 0 saturated heterocycles. The first-order valence-electron chi connectivity index (χ1n) is 4.77. The molecule has 0 radical (unpaired) electrons. The minimum atomic E-state index is -2.24. The molecule has 0 spiro atoms. The lowest BCUT2D eigenvalue weighted by Gasteiger charge is -2.10. The zero-order valence-electron chi connectivity index (χ0n) is 8.95. The van der Waals surface area contributed by atoms with Crippen LogP contribution in [0.3, 0.4) is 0 Å². The molecule has 1 aromatic carbocycles. The summed E-state index contributed by atoms with van der Waals surface area (Å²) in [6, 6.07) is 0.960. The molecule has 0 amide bonds. The minimum absolute atomic E-state index is 0.0619. The van der Waals surface area contributed by atoms with Gasteiger partial charge in [0.2, 0.25) is 5.82 Å². The average molecular weight is 295 g/mol. The van der Waals surface area contributed by atoms with Gasteiger partial charge in [-0.05, 0) is 6.07 Å². The zero-order valence-corrected chi connectivity index (χ0v) is 9.70. The molecule has 2 nitrogen and oxygen atoms in total. The van der Waals surface area contributed by atoms with E-state index in [-0.39, 0.29) is 5.02 Å². The molecule has 8 heteroatoms. The predicted molar refractivity (Wildman–Crippen MR) is 58.9 cm³/mol. The van der Waals surface area contributed by atoms with Crippen LogP contribution in [0.15, 0.2) is 12.3 Å². The summed E-state index contributed by atoms with van der Waals surface area (Å²) in [4.78, 5) is 3.49. The molecule has 2 aromatic rings. The maximum Gasteiger partial charge on any atom is 0.200 e. The Morgan fingerprint density at radius 2 is 1.37 bits per heavy atom. The van der Waals surface area contributed by atoms with Crippen molar-refractivity contribution in [1.82, 2.24) is 4.98 Å². The molecule has 0 unspecified atom stereocenters. The lowest BCUT2D eigenvalue weighted by atomic mass is 10.0. The van der Waals surface area contributed by atoms with E-state index in [1.165, 1.54) is 0 Å². The van der Waals surface area contributed by atoms with Gasteiger partial charge >= 0.3 is 0 Å². The molecule has 0 aliphatic rings. The monoisotopic (exact) mass is 294 g/mol. The Labute approximate surface area is 108 Å². The molecule has 0 bridgehead atoms. The highest BCUT2D eigenvalue weighted by molar-refractivity contribution is 6.30. The Hall–Kier alpha value is -1.89. The fraction of sp³-hybridized carbons (Fsp3) is 0. The van der Waals surface area contributed by atoms with Crippen molar-refractivity contribution in [3.8, 4) is 11.1 Å². The highest BCUT2D eigenvalue weighted by Gasteiger charge is 2.27. The number of nitrogens with two attached hydrogens (primary N) is 1. The average Bonchev–Trinajstić information content (AvgIpc) is 2.38. The first kappa shape index (κ1) is 13.5. The minimum Gasteiger partial charge on any atom is -0.383 e. The van der Waals surface area contributed by atoms with E-state index in [0.29, 0.717) is 0 Å². The molecule has 1 aromatic heterocycles. The van der Waals surface area contributed by atoms with E-state index in [0.717, 1.165) is 12.3 Å². The largest absolute Gasteiger partial charge is 0.383 e. The van der Waals surface area contributed by atoms with Crippen LogP contribution < -0.4 is 5.73 Å². The Kier molecular flexibility index (Phi) is 3.32. The number of hydrogen-bond acceptors (Lipinski definition) is 2. The van der Waals surface area contributed by atoms with Crippen LogP contribution in [0.5, 0.6) is 0 Å². The Morgan fingerprint density at radius 3 is 1.89 bits per heavy atom. The quantitative estimate of drug-likeness (QED) is 0.495. The number of benzene rings is 1. The van der Waals surface area contributed by atoms with Gasteiger partial charge in [0.1, 0.15) is 5.82 Å². The van der Waals surface area contributed by atoms with Crippen LogP contribution in [-0.2, 0) is 0 Å². The number of pyridine rings is 1. The maximum absolute atomic E-state index is 13.6. The van der Waals surface area contributed by atoms with Gasteiger partial charge in [0.25, 0.3) is 0 Å². The summed E-state index contributed by atoms with van der Waals surface area (Å²) in [7, 11) is 0. The maximum atomic E-state index is 13.6. The number of rotatable bonds is 1. The number of aromatic nitrogens is 1. The molecule has 2 rings (SSSR count). The number of halogens is 6. The highest BCUT2D eigenvalue weighted by Crippen LogP contribution is 2.34. The van der Waals surface area contributed by atoms with Crippen molar-refractivity contribution in [2.45, 2.75) is 0 Å². The number of nitrogen functional groups attached to an aromatic ring is 1. The molecule has 0 saturated carbocycles. The van der Waals surface area contributed by atoms with Crippen LogP contribution in [0.1, 0.15) is 0 Å². The third kappa shape index (κ3) is 2.10. The first-order valence-corrected chi connectivity index (χ1v) is 5.15. The first-order chi connectivity index (χ1) is 8.84. The Morgan fingerprint density at radius 1 is 0.895 bits per heavy atom. The van der Waals surface area contributed by atoms with E-state index in [9.17, 15) is 22.0 Å². The van der Waals surface area contributed by atoms with Crippen LogP contribution in [0, 0.1) is 29.1 Å². The van der Waals surface area contributed by atoms with Crippen molar-refractivity contribution in [1.29, 1.82) is 0 Å². The summed E-state index contributed by atoms with van der Waals surface area (Å²) in [5.74, 6) is -10.8. The summed E-state index contributed by atoms with van der Waals surface area (Å²) < 4.78 is 66.1. The van der Waals surface area contributed by atoms with Gasteiger partial charge in [0, 0.05) is 11.8 Å². The number of nitrogens with zero attached hydrogens (tertiary/aromatic N) is 1. The van der Waals surface area contributed by atoms with Gasteiger partial charge in [0.05, 0.1) is 10.6 Å². The fourth-order valence-corrected chi connectivity index (χ4v) is 1.65. The summed E-state index contributed by atoms with van der Waals surface area (Å²) in [6.45, 7) is 0. The molecule has 0 atom stereocenters. The zero-order chi connectivity index (χ0) is 14.3. The number of anilines is 1. The predicted octanol–water partition coefficient (Wildman–Crippen LogP) is 3.68. The Bertz CT molecular complexity index is 646. The van der Waals surface area contributed by atoms with Gasteiger partial charge in [-0.2, -0.15) is 0 Å². The number of hydrogen-bond donors (Lipinski definition) is 1. The van der Waals surface area contributed by atoms with E-state index in [1.54, 1.807) is 0 Å². The van der Waals surface area contributed by atoms with Gasteiger partial charge < -0.3 is 5.73 Å². The smallest absolute Gasteiger partial charge is 0.200 e. The topological polar surface area (TPSA) is 38.9 Å². The van der Waals surface area contributed by atoms with Crippen LogP contribution in [0.4, 0.5) is 27.8 Å². The van der Waals surface area contributed by atoms with Gasteiger partial charge in [-0.15, -0.1) is 0 Å². The summed E-state index contributed by atoms with van der Waals surface area (Å²) in [5, 5.41) is -0.0619. The van der Waals surface area contributed by atoms with E-state index in [1.807, 2.05) is 0 Å². The molecule has 0 aliphatic heterocycles. The molecular weight excluding hydrogens is 291 g/mol. The SMILES string of the molecule is Nc1ncc(Cl)cc1-c1c(F)c(F)c(F)c(F)c1F. The van der Waals surface area contributed by atoms with Crippen molar-refractivity contribution >= 4 is 17.4 Å². The van der Waals surface area contributed by atoms with Crippen molar-refractivity contribution in [2.24, 2.45) is 0 Å². The molecule has 2 N–H and O–H groups in total. The van der Waals surface area contributed by atoms with E-state index >= 15 is 0 Å². The molecule has 0 aliphatic carbocycles. The standard InChI is InChI=1S/C11H4ClF5N2/c12-3-1-4(11(18)19-2-3)5-6(13)8(15)10(17)9(16)7(5)14/h1-2H,(H2,18,19). The highest BCUT2D eigenvalue weighted by atomic mass is 35.5. The van der Waals surface area contributed by atoms with E-state index < -0.39 is 46.0 Å². The van der Waals surface area contributed by atoms with Gasteiger partial charge in [-0.25, -0.2) is 26.9 Å².